The van der Waals surface area contributed by atoms with Gasteiger partial charge in [-0.15, -0.1) is 0 Å². The fourth-order valence-electron chi connectivity index (χ4n) is 4.75. The van der Waals surface area contributed by atoms with Crippen LogP contribution in [0.3, 0.4) is 0 Å². The van der Waals surface area contributed by atoms with Crippen LogP contribution >= 0.6 is 0 Å². The fourth-order valence-corrected chi connectivity index (χ4v) is 4.75. The first kappa shape index (κ1) is 28.3. The lowest BCUT2D eigenvalue weighted by atomic mass is 9.87. The predicted molar refractivity (Wildman–Crippen MR) is 138 cm³/mol. The zero-order valence-corrected chi connectivity index (χ0v) is 21.8. The molecule has 0 radical (unpaired) electrons. The Kier molecular flexibility index (Phi) is 8.42. The molecule has 39 heavy (non-hydrogen) atoms. The van der Waals surface area contributed by atoms with Gasteiger partial charge in [0.15, 0.2) is 23.0 Å². The fraction of sp³-hybridized carbons (Fsp3) is 0.407. The number of carbonyl (C=O) groups is 1. The summed E-state index contributed by atoms with van der Waals surface area (Å²) in [5.74, 6) is 0.336. The van der Waals surface area contributed by atoms with Gasteiger partial charge in [0.2, 0.25) is 0 Å². The van der Waals surface area contributed by atoms with Gasteiger partial charge < -0.3 is 49.1 Å². The maximum Gasteiger partial charge on any atom is 0.251 e. The monoisotopic (exact) mass is 545 g/mol. The van der Waals surface area contributed by atoms with E-state index in [1.807, 2.05) is 0 Å². The van der Waals surface area contributed by atoms with Crippen LogP contribution in [0, 0.1) is 0 Å². The Labute approximate surface area is 223 Å². The molecule has 3 aromatic rings. The van der Waals surface area contributed by atoms with E-state index < -0.39 is 48.5 Å². The van der Waals surface area contributed by atoms with Crippen molar-refractivity contribution in [1.29, 1.82) is 0 Å². The number of nitrogens with one attached hydrogen (secondary N) is 1. The zero-order chi connectivity index (χ0) is 28.4. The maximum absolute atomic E-state index is 13.4. The molecule has 5 N–H and O–H groups in total. The van der Waals surface area contributed by atoms with Crippen molar-refractivity contribution in [2.45, 2.75) is 44.1 Å². The van der Waals surface area contributed by atoms with Crippen LogP contribution in [0.5, 0.6) is 17.2 Å². The summed E-state index contributed by atoms with van der Waals surface area (Å²) in [6, 6.07) is 7.64. The quantitative estimate of drug-likeness (QED) is 0.268. The average molecular weight is 546 g/mol. The van der Waals surface area contributed by atoms with Crippen molar-refractivity contribution in [1.82, 2.24) is 5.32 Å². The van der Waals surface area contributed by atoms with E-state index in [1.165, 1.54) is 33.5 Å². The van der Waals surface area contributed by atoms with Crippen LogP contribution in [0.1, 0.15) is 24.2 Å². The first-order chi connectivity index (χ1) is 18.7. The number of hydrogen-bond donors (Lipinski definition) is 5. The average Bonchev–Trinajstić information content (AvgIpc) is 2.94. The van der Waals surface area contributed by atoms with E-state index in [9.17, 15) is 30.0 Å². The van der Waals surface area contributed by atoms with Gasteiger partial charge in [0.25, 0.3) is 5.91 Å². The largest absolute Gasteiger partial charge is 0.495 e. The number of methoxy groups -OCH3 is 3. The third-order valence-electron chi connectivity index (χ3n) is 6.65. The summed E-state index contributed by atoms with van der Waals surface area (Å²) in [6.45, 7) is 1.31. The van der Waals surface area contributed by atoms with Crippen molar-refractivity contribution in [3.63, 3.8) is 0 Å². The van der Waals surface area contributed by atoms with Crippen LogP contribution in [-0.2, 0) is 16.1 Å². The number of carbonyl (C=O) groups excluding carboxylic acids is 1. The lowest BCUT2D eigenvalue weighted by molar-refractivity contribution is -0.223. The minimum atomic E-state index is -1.77. The van der Waals surface area contributed by atoms with Crippen molar-refractivity contribution in [3.8, 4) is 28.6 Å². The molecule has 0 bridgehead atoms. The van der Waals surface area contributed by atoms with E-state index in [1.54, 1.807) is 25.1 Å². The van der Waals surface area contributed by atoms with Crippen LogP contribution < -0.4 is 25.0 Å². The SMILES string of the molecule is CCNC(=O)C1OC(c2c(CO)cc3oc(-c4ccc(OC)c(OC)c4)cc(=O)c3c2OC)C(O)C(O)C1O. The van der Waals surface area contributed by atoms with Crippen molar-refractivity contribution < 1.29 is 48.6 Å². The summed E-state index contributed by atoms with van der Waals surface area (Å²) in [5, 5.41) is 44.5. The molecule has 1 aliphatic rings. The number of fused-ring (bicyclic) bond motifs is 1. The summed E-state index contributed by atoms with van der Waals surface area (Å²) >= 11 is 0. The Hall–Kier alpha value is -3.68. The summed E-state index contributed by atoms with van der Waals surface area (Å²) in [5.41, 5.74) is 0.270. The summed E-state index contributed by atoms with van der Waals surface area (Å²) in [7, 11) is 4.26. The van der Waals surface area contributed by atoms with Crippen LogP contribution in [0.15, 0.2) is 39.5 Å². The van der Waals surface area contributed by atoms with Crippen molar-refractivity contribution in [3.05, 3.63) is 51.7 Å². The first-order valence-corrected chi connectivity index (χ1v) is 12.2. The van der Waals surface area contributed by atoms with Gasteiger partial charge in [-0.05, 0) is 36.8 Å². The minimum Gasteiger partial charge on any atom is -0.495 e. The summed E-state index contributed by atoms with van der Waals surface area (Å²) in [6.07, 6.45) is -8.19. The molecule has 4 rings (SSSR count). The second-order valence-corrected chi connectivity index (χ2v) is 8.90. The standard InChI is InChI=1S/C27H31NO11/c1-5-28-27(34)26-23(33)21(31)22(32)25(39-26)19-13(11-29)9-18-20(24(19)37-4)14(30)10-16(38-18)12-6-7-15(35-2)17(8-12)36-3/h6-10,21-23,25-26,29,31-33H,5,11H2,1-4H3,(H,28,34). The van der Waals surface area contributed by atoms with Gasteiger partial charge in [-0.3, -0.25) is 9.59 Å². The number of benzene rings is 2. The molecule has 1 aliphatic heterocycles. The third-order valence-corrected chi connectivity index (χ3v) is 6.65. The molecule has 1 saturated heterocycles. The topological polar surface area (TPSA) is 177 Å². The van der Waals surface area contributed by atoms with Crippen LogP contribution in [0.25, 0.3) is 22.3 Å². The molecular formula is C27H31NO11. The molecule has 210 valence electrons. The van der Waals surface area contributed by atoms with Crippen molar-refractivity contribution in [2.24, 2.45) is 0 Å². The van der Waals surface area contributed by atoms with E-state index in [0.29, 0.717) is 17.1 Å². The van der Waals surface area contributed by atoms with Crippen molar-refractivity contribution in [2.75, 3.05) is 27.9 Å². The van der Waals surface area contributed by atoms with Gasteiger partial charge in [0.05, 0.1) is 27.9 Å². The lowest BCUT2D eigenvalue weighted by Crippen LogP contribution is -2.58. The molecule has 0 spiro atoms. The maximum atomic E-state index is 13.4. The molecule has 1 amide bonds. The van der Waals surface area contributed by atoms with E-state index in [4.69, 9.17) is 23.4 Å². The lowest BCUT2D eigenvalue weighted by Gasteiger charge is -2.41. The predicted octanol–water partition coefficient (Wildman–Crippen LogP) is 0.637. The van der Waals surface area contributed by atoms with Gasteiger partial charge in [0.1, 0.15) is 46.9 Å². The molecule has 0 aliphatic carbocycles. The number of rotatable bonds is 8. The number of hydrogen-bond acceptors (Lipinski definition) is 11. The van der Waals surface area contributed by atoms with Gasteiger partial charge in [-0.2, -0.15) is 0 Å². The number of aliphatic hydroxyl groups excluding tert-OH is 4. The van der Waals surface area contributed by atoms with E-state index in [2.05, 4.69) is 5.32 Å². The Morgan fingerprint density at radius 1 is 0.974 bits per heavy atom. The molecule has 0 saturated carbocycles. The normalized spacial score (nSPS) is 22.9. The second-order valence-electron chi connectivity index (χ2n) is 8.90. The highest BCUT2D eigenvalue weighted by molar-refractivity contribution is 5.88. The Balaban J connectivity index is 1.89. The molecule has 2 aromatic carbocycles. The summed E-state index contributed by atoms with van der Waals surface area (Å²) in [4.78, 5) is 25.9. The molecule has 2 heterocycles. The molecule has 1 fully saturated rings. The third kappa shape index (κ3) is 5.04. The highest BCUT2D eigenvalue weighted by atomic mass is 16.5. The first-order valence-electron chi connectivity index (χ1n) is 12.2. The van der Waals surface area contributed by atoms with Gasteiger partial charge >= 0.3 is 0 Å². The van der Waals surface area contributed by atoms with E-state index >= 15 is 0 Å². The minimum absolute atomic E-state index is 0.0140. The van der Waals surface area contributed by atoms with Crippen molar-refractivity contribution >= 4 is 16.9 Å². The van der Waals surface area contributed by atoms with E-state index in [-0.39, 0.29) is 40.2 Å². The highest BCUT2D eigenvalue weighted by Crippen LogP contribution is 2.43. The Bertz CT molecular complexity index is 1420. The molecular weight excluding hydrogens is 514 g/mol. The van der Waals surface area contributed by atoms with Gasteiger partial charge in [0, 0.05) is 23.7 Å². The Morgan fingerprint density at radius 3 is 2.31 bits per heavy atom. The number of likely N-dealkylation sites (N-methyl/N-ethyl adjacent to an activating group) is 1. The van der Waals surface area contributed by atoms with Crippen LogP contribution in [0.4, 0.5) is 0 Å². The zero-order valence-electron chi connectivity index (χ0n) is 21.8. The summed E-state index contributed by atoms with van der Waals surface area (Å²) < 4.78 is 28.0. The number of ether oxygens (including phenoxy) is 4. The number of amides is 1. The van der Waals surface area contributed by atoms with Crippen LogP contribution in [-0.4, -0.2) is 78.6 Å². The van der Waals surface area contributed by atoms with Gasteiger partial charge in [-0.25, -0.2) is 0 Å². The second kappa shape index (κ2) is 11.6. The number of aliphatic hydroxyl groups is 4. The molecule has 1 aromatic heterocycles. The smallest absolute Gasteiger partial charge is 0.251 e. The molecule has 5 atom stereocenters. The van der Waals surface area contributed by atoms with Gasteiger partial charge in [-0.1, -0.05) is 0 Å². The van der Waals surface area contributed by atoms with E-state index in [0.717, 1.165) is 0 Å². The highest BCUT2D eigenvalue weighted by Gasteiger charge is 2.48. The van der Waals surface area contributed by atoms with Crippen LogP contribution in [0.2, 0.25) is 0 Å². The molecule has 12 nitrogen and oxygen atoms in total. The molecule has 12 heteroatoms. The Morgan fingerprint density at radius 2 is 1.69 bits per heavy atom. The molecule has 5 unspecified atom stereocenters.